The average Bonchev–Trinajstić information content (AvgIpc) is 3.11. The van der Waals surface area contributed by atoms with E-state index < -0.39 is 33.8 Å². The van der Waals surface area contributed by atoms with Crippen LogP contribution in [0.15, 0.2) is 78.9 Å². The first-order valence-corrected chi connectivity index (χ1v) is 11.6. The van der Waals surface area contributed by atoms with Crippen molar-refractivity contribution in [3.63, 3.8) is 0 Å². The smallest absolute Gasteiger partial charge is 0.322 e. The fourth-order valence-corrected chi connectivity index (χ4v) is 4.92. The average molecular weight is 469 g/mol. The van der Waals surface area contributed by atoms with Gasteiger partial charge in [-0.3, -0.25) is 14.4 Å². The number of halogens is 1. The van der Waals surface area contributed by atoms with Gasteiger partial charge in [-0.05, 0) is 54.1 Å². The Morgan fingerprint density at radius 1 is 0.879 bits per heavy atom. The number of benzene rings is 3. The minimum absolute atomic E-state index is 0.0314. The highest BCUT2D eigenvalue weighted by atomic mass is 32.2. The molecule has 170 valence electrons. The highest BCUT2D eigenvalue weighted by molar-refractivity contribution is 7.92. The van der Waals surface area contributed by atoms with Crippen LogP contribution in [0.2, 0.25) is 0 Å². The largest absolute Gasteiger partial charge is 0.457 e. The molecule has 1 unspecified atom stereocenters. The third kappa shape index (κ3) is 5.47. The number of sulfonamides is 1. The maximum absolute atomic E-state index is 13.3. The normalized spacial score (nSPS) is 15.6. The van der Waals surface area contributed by atoms with Crippen LogP contribution in [0.1, 0.15) is 5.56 Å². The molecule has 1 atom stereocenters. The molecular weight excluding hydrogens is 449 g/mol. The molecule has 0 aromatic heterocycles. The van der Waals surface area contributed by atoms with Crippen molar-refractivity contribution in [3.05, 3.63) is 90.2 Å². The van der Waals surface area contributed by atoms with Crippen molar-refractivity contribution in [2.24, 2.45) is 0 Å². The van der Waals surface area contributed by atoms with E-state index in [-0.39, 0.29) is 12.4 Å². The Morgan fingerprint density at radius 2 is 1.48 bits per heavy atom. The molecule has 0 aliphatic carbocycles. The summed E-state index contributed by atoms with van der Waals surface area (Å²) in [4.78, 5) is 23.3. The standard InChI is InChI=1S/C23H20FN3O5S/c24-17-6-10-19(11-7-17)32-20-12-8-18(9-13-20)27(14-16-4-2-1-3-5-16)33(30,31)15-21-22(28)26-23(29)25-21/h1-13,21H,14-15H2,(H2,25,26,28,29). The molecule has 1 fully saturated rings. The van der Waals surface area contributed by atoms with Crippen molar-refractivity contribution in [3.8, 4) is 11.5 Å². The molecule has 0 bridgehead atoms. The Labute approximate surface area is 190 Å². The van der Waals surface area contributed by atoms with E-state index in [2.05, 4.69) is 5.32 Å². The van der Waals surface area contributed by atoms with Crippen molar-refractivity contribution in [2.45, 2.75) is 12.6 Å². The summed E-state index contributed by atoms with van der Waals surface area (Å²) in [5, 5.41) is 4.36. The SMILES string of the molecule is O=C1NC(=O)C(CS(=O)(=O)N(Cc2ccccc2)c2ccc(Oc3ccc(F)cc3)cc2)N1. The molecule has 1 saturated heterocycles. The van der Waals surface area contributed by atoms with E-state index in [1.807, 2.05) is 11.4 Å². The minimum Gasteiger partial charge on any atom is -0.457 e. The number of ether oxygens (including phenoxy) is 1. The Balaban J connectivity index is 1.59. The number of urea groups is 1. The van der Waals surface area contributed by atoms with Gasteiger partial charge in [-0.15, -0.1) is 0 Å². The molecule has 8 nitrogen and oxygen atoms in total. The number of rotatable bonds is 8. The monoisotopic (exact) mass is 469 g/mol. The molecule has 0 saturated carbocycles. The first kappa shape index (κ1) is 22.3. The molecular formula is C23H20FN3O5S. The molecule has 33 heavy (non-hydrogen) atoms. The zero-order chi connectivity index (χ0) is 23.4. The molecule has 1 aliphatic rings. The van der Waals surface area contributed by atoms with E-state index in [9.17, 15) is 22.4 Å². The zero-order valence-electron chi connectivity index (χ0n) is 17.3. The summed E-state index contributed by atoms with van der Waals surface area (Å²) in [6, 6.07) is 18.9. The van der Waals surface area contributed by atoms with Crippen LogP contribution >= 0.6 is 0 Å². The Hall–Kier alpha value is -3.92. The van der Waals surface area contributed by atoms with Crippen LogP contribution < -0.4 is 19.7 Å². The number of hydrogen-bond acceptors (Lipinski definition) is 5. The van der Waals surface area contributed by atoms with E-state index in [0.717, 1.165) is 5.56 Å². The maximum Gasteiger partial charge on any atom is 0.322 e. The predicted octanol–water partition coefficient (Wildman–Crippen LogP) is 3.16. The predicted molar refractivity (Wildman–Crippen MR) is 120 cm³/mol. The van der Waals surface area contributed by atoms with Crippen LogP contribution in [0, 0.1) is 5.82 Å². The van der Waals surface area contributed by atoms with Gasteiger partial charge in [0, 0.05) is 0 Å². The van der Waals surface area contributed by atoms with Crippen LogP contribution in [0.3, 0.4) is 0 Å². The number of carbonyl (C=O) groups excluding carboxylic acids is 2. The van der Waals surface area contributed by atoms with Gasteiger partial charge in [-0.2, -0.15) is 0 Å². The van der Waals surface area contributed by atoms with Gasteiger partial charge >= 0.3 is 6.03 Å². The van der Waals surface area contributed by atoms with Crippen molar-refractivity contribution in [1.82, 2.24) is 10.6 Å². The molecule has 3 amide bonds. The third-order valence-corrected chi connectivity index (χ3v) is 6.68. The first-order chi connectivity index (χ1) is 15.8. The van der Waals surface area contributed by atoms with Crippen LogP contribution in [-0.2, 0) is 21.4 Å². The van der Waals surface area contributed by atoms with Crippen molar-refractivity contribution in [1.29, 1.82) is 0 Å². The number of hydrogen-bond donors (Lipinski definition) is 2. The van der Waals surface area contributed by atoms with Crippen molar-refractivity contribution < 1.29 is 27.1 Å². The van der Waals surface area contributed by atoms with E-state index in [1.54, 1.807) is 48.5 Å². The van der Waals surface area contributed by atoms with E-state index in [1.165, 1.54) is 28.6 Å². The fourth-order valence-electron chi connectivity index (χ4n) is 3.30. The molecule has 0 radical (unpaired) electrons. The van der Waals surface area contributed by atoms with Crippen molar-refractivity contribution in [2.75, 3.05) is 10.1 Å². The van der Waals surface area contributed by atoms with Crippen LogP contribution in [-0.4, -0.2) is 32.2 Å². The van der Waals surface area contributed by atoms with Gasteiger partial charge in [-0.1, -0.05) is 30.3 Å². The van der Waals surface area contributed by atoms with Crippen molar-refractivity contribution >= 4 is 27.6 Å². The maximum atomic E-state index is 13.3. The van der Waals surface area contributed by atoms with Gasteiger partial charge in [0.2, 0.25) is 10.0 Å². The Kier molecular flexibility index (Phi) is 6.27. The summed E-state index contributed by atoms with van der Waals surface area (Å²) in [6.07, 6.45) is 0. The van der Waals surface area contributed by atoms with Gasteiger partial charge in [0.1, 0.15) is 23.4 Å². The zero-order valence-corrected chi connectivity index (χ0v) is 18.1. The second kappa shape index (κ2) is 9.29. The number of nitrogens with one attached hydrogen (secondary N) is 2. The number of imide groups is 1. The minimum atomic E-state index is -4.01. The summed E-state index contributed by atoms with van der Waals surface area (Å²) in [6.45, 7) is 0.0314. The second-order valence-corrected chi connectivity index (χ2v) is 9.27. The molecule has 1 heterocycles. The molecule has 3 aromatic rings. The van der Waals surface area contributed by atoms with E-state index in [4.69, 9.17) is 4.74 Å². The lowest BCUT2D eigenvalue weighted by Gasteiger charge is -2.26. The lowest BCUT2D eigenvalue weighted by Crippen LogP contribution is -2.42. The Bertz CT molecular complexity index is 1250. The third-order valence-electron chi connectivity index (χ3n) is 4.91. The van der Waals surface area contributed by atoms with Gasteiger partial charge in [0.25, 0.3) is 5.91 Å². The number of amides is 3. The molecule has 3 aromatic carbocycles. The number of anilines is 1. The lowest BCUT2D eigenvalue weighted by molar-refractivity contribution is -0.119. The highest BCUT2D eigenvalue weighted by Crippen LogP contribution is 2.27. The highest BCUT2D eigenvalue weighted by Gasteiger charge is 2.36. The summed E-state index contributed by atoms with van der Waals surface area (Å²) in [5.74, 6) is -0.797. The summed E-state index contributed by atoms with van der Waals surface area (Å²) < 4.78 is 46.5. The van der Waals surface area contributed by atoms with E-state index in [0.29, 0.717) is 17.2 Å². The topological polar surface area (TPSA) is 105 Å². The molecule has 10 heteroatoms. The lowest BCUT2D eigenvalue weighted by atomic mass is 10.2. The molecule has 4 rings (SSSR count). The van der Waals surface area contributed by atoms with E-state index >= 15 is 0 Å². The number of nitrogens with zero attached hydrogens (tertiary/aromatic N) is 1. The molecule has 1 aliphatic heterocycles. The Morgan fingerprint density at radius 3 is 2.06 bits per heavy atom. The first-order valence-electron chi connectivity index (χ1n) is 9.99. The van der Waals surface area contributed by atoms with Gasteiger partial charge in [0.15, 0.2) is 0 Å². The van der Waals surface area contributed by atoms with Gasteiger partial charge in [-0.25, -0.2) is 17.6 Å². The quantitative estimate of drug-likeness (QED) is 0.493. The van der Waals surface area contributed by atoms with Crippen LogP contribution in [0.4, 0.5) is 14.9 Å². The molecule has 2 N–H and O–H groups in total. The van der Waals surface area contributed by atoms with Crippen LogP contribution in [0.5, 0.6) is 11.5 Å². The van der Waals surface area contributed by atoms with Crippen LogP contribution in [0.25, 0.3) is 0 Å². The fraction of sp³-hybridized carbons (Fsp3) is 0.130. The summed E-state index contributed by atoms with van der Waals surface area (Å²) >= 11 is 0. The van der Waals surface area contributed by atoms with Gasteiger partial charge in [0.05, 0.1) is 18.0 Å². The summed E-state index contributed by atoms with van der Waals surface area (Å²) in [7, 11) is -4.01. The van der Waals surface area contributed by atoms with Gasteiger partial charge < -0.3 is 10.1 Å². The summed E-state index contributed by atoms with van der Waals surface area (Å²) in [5.41, 5.74) is 1.10. The number of carbonyl (C=O) groups is 2. The second-order valence-electron chi connectivity index (χ2n) is 7.34. The molecule has 0 spiro atoms.